The third-order valence-corrected chi connectivity index (χ3v) is 5.28. The molecule has 3 aromatic rings. The normalized spacial score (nSPS) is 11.7. The van der Waals surface area contributed by atoms with Crippen LogP contribution < -0.4 is 15.4 Å². The first-order chi connectivity index (χ1) is 15.3. The Morgan fingerprint density at radius 3 is 2.06 bits per heavy atom. The van der Waals surface area contributed by atoms with Gasteiger partial charge in [-0.1, -0.05) is 36.4 Å². The number of nitrogens with zero attached hydrogens (tertiary/aromatic N) is 1. The zero-order chi connectivity index (χ0) is 23.1. The van der Waals surface area contributed by atoms with Crippen molar-refractivity contribution in [3.63, 3.8) is 0 Å². The SMILES string of the molecule is Cc1cccc(C)c1NC(=O)CN(C)[C@@H](C)C(=O)Nc1ccc(Oc2ccccc2)cc1. The number of likely N-dealkylation sites (N-methyl/N-ethyl adjacent to an activating group) is 1. The largest absolute Gasteiger partial charge is 0.457 e. The highest BCUT2D eigenvalue weighted by Crippen LogP contribution is 2.23. The lowest BCUT2D eigenvalue weighted by Gasteiger charge is -2.23. The first-order valence-corrected chi connectivity index (χ1v) is 10.5. The minimum Gasteiger partial charge on any atom is -0.457 e. The summed E-state index contributed by atoms with van der Waals surface area (Å²) in [6.07, 6.45) is 0. The molecule has 0 aliphatic heterocycles. The van der Waals surface area contributed by atoms with Crippen LogP contribution in [0.2, 0.25) is 0 Å². The number of ether oxygens (including phenoxy) is 1. The molecule has 0 aliphatic carbocycles. The molecule has 0 bridgehead atoms. The van der Waals surface area contributed by atoms with Crippen molar-refractivity contribution >= 4 is 23.2 Å². The van der Waals surface area contributed by atoms with Crippen LogP contribution in [0.4, 0.5) is 11.4 Å². The van der Waals surface area contributed by atoms with E-state index in [0.29, 0.717) is 11.4 Å². The predicted octanol–water partition coefficient (Wildman–Crippen LogP) is 4.99. The van der Waals surface area contributed by atoms with E-state index in [1.807, 2.05) is 62.4 Å². The highest BCUT2D eigenvalue weighted by atomic mass is 16.5. The molecular weight excluding hydrogens is 402 g/mol. The van der Waals surface area contributed by atoms with E-state index in [1.54, 1.807) is 43.1 Å². The Bertz CT molecular complexity index is 1050. The first-order valence-electron chi connectivity index (χ1n) is 10.5. The molecule has 2 N–H and O–H groups in total. The fraction of sp³-hybridized carbons (Fsp3) is 0.231. The number of hydrogen-bond donors (Lipinski definition) is 2. The third-order valence-electron chi connectivity index (χ3n) is 5.28. The van der Waals surface area contributed by atoms with Crippen LogP contribution >= 0.6 is 0 Å². The number of aryl methyl sites for hydroxylation is 2. The molecule has 0 heterocycles. The van der Waals surface area contributed by atoms with Crippen molar-refractivity contribution in [2.24, 2.45) is 0 Å². The predicted molar refractivity (Wildman–Crippen MR) is 128 cm³/mol. The van der Waals surface area contributed by atoms with Gasteiger partial charge in [0.2, 0.25) is 11.8 Å². The zero-order valence-electron chi connectivity index (χ0n) is 18.9. The number of anilines is 2. The van der Waals surface area contributed by atoms with Gasteiger partial charge in [0.05, 0.1) is 12.6 Å². The number of carbonyl (C=O) groups is 2. The summed E-state index contributed by atoms with van der Waals surface area (Å²) in [5.74, 6) is 1.08. The molecule has 0 aromatic heterocycles. The van der Waals surface area contributed by atoms with Gasteiger partial charge in [0.1, 0.15) is 11.5 Å². The van der Waals surface area contributed by atoms with E-state index in [2.05, 4.69) is 10.6 Å². The second kappa shape index (κ2) is 10.6. The minimum absolute atomic E-state index is 0.103. The van der Waals surface area contributed by atoms with Crippen molar-refractivity contribution in [1.82, 2.24) is 4.90 Å². The Morgan fingerprint density at radius 2 is 1.44 bits per heavy atom. The van der Waals surface area contributed by atoms with Gasteiger partial charge >= 0.3 is 0 Å². The Morgan fingerprint density at radius 1 is 0.844 bits per heavy atom. The Kier molecular flexibility index (Phi) is 7.63. The summed E-state index contributed by atoms with van der Waals surface area (Å²) in [6.45, 7) is 5.79. The Hall–Kier alpha value is -3.64. The molecule has 166 valence electrons. The molecule has 0 saturated heterocycles. The molecule has 0 spiro atoms. The lowest BCUT2D eigenvalue weighted by atomic mass is 10.1. The third kappa shape index (κ3) is 6.18. The molecule has 3 aromatic carbocycles. The van der Waals surface area contributed by atoms with Gasteiger partial charge in [0, 0.05) is 11.4 Å². The number of hydrogen-bond acceptors (Lipinski definition) is 4. The van der Waals surface area contributed by atoms with Gasteiger partial charge < -0.3 is 15.4 Å². The fourth-order valence-electron chi connectivity index (χ4n) is 3.23. The molecule has 3 rings (SSSR count). The Labute approximate surface area is 189 Å². The van der Waals surface area contributed by atoms with Crippen LogP contribution in [-0.4, -0.2) is 36.3 Å². The number of para-hydroxylation sites is 2. The van der Waals surface area contributed by atoms with E-state index in [9.17, 15) is 9.59 Å². The average Bonchev–Trinajstić information content (AvgIpc) is 2.78. The van der Waals surface area contributed by atoms with E-state index in [0.717, 1.165) is 22.6 Å². The smallest absolute Gasteiger partial charge is 0.241 e. The molecule has 0 fully saturated rings. The molecule has 1 atom stereocenters. The van der Waals surface area contributed by atoms with Crippen LogP contribution in [0, 0.1) is 13.8 Å². The molecule has 2 amide bonds. The van der Waals surface area contributed by atoms with Crippen molar-refractivity contribution in [3.8, 4) is 11.5 Å². The molecular formula is C26H29N3O3. The summed E-state index contributed by atoms with van der Waals surface area (Å²) in [5.41, 5.74) is 3.49. The summed E-state index contributed by atoms with van der Waals surface area (Å²) in [5, 5.41) is 5.84. The number of rotatable bonds is 8. The standard InChI is InChI=1S/C26H29N3O3/c1-18-9-8-10-19(2)25(18)28-24(30)17-29(4)20(3)26(31)27-21-13-15-23(16-14-21)32-22-11-6-5-7-12-22/h5-16,20H,17H2,1-4H3,(H,27,31)(H,28,30)/t20-/m0/s1. The lowest BCUT2D eigenvalue weighted by molar-refractivity contribution is -0.122. The quantitative estimate of drug-likeness (QED) is 0.527. The molecule has 0 radical (unpaired) electrons. The topological polar surface area (TPSA) is 70.7 Å². The van der Waals surface area contributed by atoms with Crippen molar-refractivity contribution in [3.05, 3.63) is 83.9 Å². The van der Waals surface area contributed by atoms with Crippen molar-refractivity contribution < 1.29 is 14.3 Å². The van der Waals surface area contributed by atoms with Crippen LogP contribution in [0.25, 0.3) is 0 Å². The minimum atomic E-state index is -0.487. The number of nitrogens with one attached hydrogen (secondary N) is 2. The summed E-state index contributed by atoms with van der Waals surface area (Å²) < 4.78 is 5.77. The van der Waals surface area contributed by atoms with E-state index >= 15 is 0 Å². The summed E-state index contributed by atoms with van der Waals surface area (Å²) >= 11 is 0. The number of amides is 2. The van der Waals surface area contributed by atoms with Crippen LogP contribution in [-0.2, 0) is 9.59 Å². The molecule has 0 unspecified atom stereocenters. The van der Waals surface area contributed by atoms with Gasteiger partial charge in [0.15, 0.2) is 0 Å². The number of carbonyl (C=O) groups excluding carboxylic acids is 2. The molecule has 0 saturated carbocycles. The van der Waals surface area contributed by atoms with Crippen LogP contribution in [0.1, 0.15) is 18.1 Å². The summed E-state index contributed by atoms with van der Waals surface area (Å²) in [6, 6.07) is 22.1. The van der Waals surface area contributed by atoms with E-state index in [1.165, 1.54) is 0 Å². The average molecular weight is 432 g/mol. The highest BCUT2D eigenvalue weighted by molar-refractivity contribution is 5.96. The van der Waals surface area contributed by atoms with Crippen LogP contribution in [0.5, 0.6) is 11.5 Å². The van der Waals surface area contributed by atoms with Crippen molar-refractivity contribution in [2.45, 2.75) is 26.8 Å². The Balaban J connectivity index is 1.52. The maximum Gasteiger partial charge on any atom is 0.241 e. The van der Waals surface area contributed by atoms with Crippen LogP contribution in [0.3, 0.4) is 0 Å². The summed E-state index contributed by atoms with van der Waals surface area (Å²) in [7, 11) is 1.76. The molecule has 6 heteroatoms. The van der Waals surface area contributed by atoms with E-state index in [-0.39, 0.29) is 18.4 Å². The zero-order valence-corrected chi connectivity index (χ0v) is 18.9. The monoisotopic (exact) mass is 431 g/mol. The van der Waals surface area contributed by atoms with Gasteiger partial charge in [-0.3, -0.25) is 14.5 Å². The van der Waals surface area contributed by atoms with Gasteiger partial charge in [-0.25, -0.2) is 0 Å². The highest BCUT2D eigenvalue weighted by Gasteiger charge is 2.21. The van der Waals surface area contributed by atoms with Gasteiger partial charge in [-0.15, -0.1) is 0 Å². The number of benzene rings is 3. The second-order valence-corrected chi connectivity index (χ2v) is 7.83. The van der Waals surface area contributed by atoms with Gasteiger partial charge in [0.25, 0.3) is 0 Å². The van der Waals surface area contributed by atoms with E-state index in [4.69, 9.17) is 4.74 Å². The maximum atomic E-state index is 12.7. The van der Waals surface area contributed by atoms with Crippen molar-refractivity contribution in [2.75, 3.05) is 24.2 Å². The summed E-state index contributed by atoms with van der Waals surface area (Å²) in [4.78, 5) is 26.9. The second-order valence-electron chi connectivity index (χ2n) is 7.83. The van der Waals surface area contributed by atoms with Crippen LogP contribution in [0.15, 0.2) is 72.8 Å². The lowest BCUT2D eigenvalue weighted by Crippen LogP contribution is -2.43. The molecule has 32 heavy (non-hydrogen) atoms. The fourth-order valence-corrected chi connectivity index (χ4v) is 3.23. The van der Waals surface area contributed by atoms with Gasteiger partial charge in [-0.2, -0.15) is 0 Å². The molecule has 0 aliphatic rings. The van der Waals surface area contributed by atoms with E-state index < -0.39 is 6.04 Å². The van der Waals surface area contributed by atoms with Crippen molar-refractivity contribution in [1.29, 1.82) is 0 Å². The molecule has 6 nitrogen and oxygen atoms in total. The van der Waals surface area contributed by atoms with Gasteiger partial charge in [-0.05, 0) is 75.3 Å². The maximum absolute atomic E-state index is 12.7. The first kappa shape index (κ1) is 23.0.